The van der Waals surface area contributed by atoms with Crippen LogP contribution >= 0.6 is 0 Å². The van der Waals surface area contributed by atoms with E-state index in [0.29, 0.717) is 24.3 Å². The van der Waals surface area contributed by atoms with Crippen molar-refractivity contribution in [2.45, 2.75) is 32.9 Å². The van der Waals surface area contributed by atoms with E-state index in [9.17, 15) is 0 Å². The Morgan fingerprint density at radius 2 is 1.79 bits per heavy atom. The Hall–Kier alpha value is -2.64. The molecule has 1 aliphatic heterocycles. The van der Waals surface area contributed by atoms with Gasteiger partial charge in [0.2, 0.25) is 11.7 Å². The standard InChI is InChI=1S/C21H26N6O/c1-3-16(2)27-12-10-26(11-13-27)14-20-24-21(25-28-20)18-6-4-17(5-7-18)19-8-9-22-15-23-19/h4-9,15-16H,3,10-14H2,1-2H3. The molecule has 1 atom stereocenters. The van der Waals surface area contributed by atoms with Gasteiger partial charge in [-0.2, -0.15) is 4.98 Å². The van der Waals surface area contributed by atoms with E-state index in [0.717, 1.165) is 43.0 Å². The molecule has 1 saturated heterocycles. The topological polar surface area (TPSA) is 71.2 Å². The number of hydrogen-bond donors (Lipinski definition) is 0. The predicted octanol–water partition coefficient (Wildman–Crippen LogP) is 3.11. The Morgan fingerprint density at radius 3 is 2.46 bits per heavy atom. The molecule has 2 aromatic heterocycles. The molecule has 0 radical (unpaired) electrons. The van der Waals surface area contributed by atoms with E-state index in [1.165, 1.54) is 6.42 Å². The van der Waals surface area contributed by atoms with Gasteiger partial charge in [-0.1, -0.05) is 36.3 Å². The van der Waals surface area contributed by atoms with Crippen molar-refractivity contribution < 1.29 is 4.52 Å². The Labute approximate surface area is 165 Å². The van der Waals surface area contributed by atoms with Crippen molar-refractivity contribution in [2.75, 3.05) is 26.2 Å². The minimum absolute atomic E-state index is 0.627. The van der Waals surface area contributed by atoms with E-state index in [4.69, 9.17) is 4.52 Å². The maximum atomic E-state index is 5.50. The summed E-state index contributed by atoms with van der Waals surface area (Å²) >= 11 is 0. The number of aromatic nitrogens is 4. The lowest BCUT2D eigenvalue weighted by Crippen LogP contribution is -2.49. The maximum absolute atomic E-state index is 5.50. The molecule has 1 unspecified atom stereocenters. The first-order valence-corrected chi connectivity index (χ1v) is 9.88. The summed E-state index contributed by atoms with van der Waals surface area (Å²) in [6.45, 7) is 9.53. The second-order valence-corrected chi connectivity index (χ2v) is 7.25. The molecule has 0 spiro atoms. The van der Waals surface area contributed by atoms with Crippen molar-refractivity contribution in [1.82, 2.24) is 29.9 Å². The molecule has 3 aromatic rings. The highest BCUT2D eigenvalue weighted by Gasteiger charge is 2.21. The first kappa shape index (κ1) is 18.7. The first-order valence-electron chi connectivity index (χ1n) is 9.88. The van der Waals surface area contributed by atoms with Crippen molar-refractivity contribution in [3.8, 4) is 22.6 Å². The Morgan fingerprint density at radius 1 is 1.04 bits per heavy atom. The highest BCUT2D eigenvalue weighted by atomic mass is 16.5. The molecule has 0 bridgehead atoms. The zero-order valence-corrected chi connectivity index (χ0v) is 16.5. The maximum Gasteiger partial charge on any atom is 0.241 e. The Balaban J connectivity index is 1.37. The predicted molar refractivity (Wildman–Crippen MR) is 107 cm³/mol. The molecule has 1 aromatic carbocycles. The smallest absolute Gasteiger partial charge is 0.241 e. The van der Waals surface area contributed by atoms with Crippen LogP contribution in [-0.2, 0) is 6.54 Å². The third-order valence-electron chi connectivity index (χ3n) is 5.47. The van der Waals surface area contributed by atoms with Gasteiger partial charge >= 0.3 is 0 Å². The molecule has 7 nitrogen and oxygen atoms in total. The van der Waals surface area contributed by atoms with Gasteiger partial charge in [-0.15, -0.1) is 0 Å². The first-order chi connectivity index (χ1) is 13.7. The Bertz CT molecular complexity index is 871. The molecule has 7 heteroatoms. The van der Waals surface area contributed by atoms with Gasteiger partial charge in [0.15, 0.2) is 0 Å². The van der Waals surface area contributed by atoms with Crippen LogP contribution in [0.4, 0.5) is 0 Å². The van der Waals surface area contributed by atoms with Crippen LogP contribution in [-0.4, -0.2) is 62.1 Å². The number of benzene rings is 1. The van der Waals surface area contributed by atoms with Crippen molar-refractivity contribution in [3.05, 3.63) is 48.7 Å². The molecule has 1 aliphatic rings. The van der Waals surface area contributed by atoms with Crippen LogP contribution in [0.3, 0.4) is 0 Å². The van der Waals surface area contributed by atoms with E-state index in [1.807, 2.05) is 30.3 Å². The summed E-state index contributed by atoms with van der Waals surface area (Å²) in [6.07, 6.45) is 4.49. The summed E-state index contributed by atoms with van der Waals surface area (Å²) in [5, 5.41) is 4.16. The number of piperazine rings is 1. The fourth-order valence-corrected chi connectivity index (χ4v) is 3.50. The van der Waals surface area contributed by atoms with Crippen LogP contribution in [0.2, 0.25) is 0 Å². The zero-order chi connectivity index (χ0) is 19.3. The monoisotopic (exact) mass is 378 g/mol. The molecule has 3 heterocycles. The number of hydrogen-bond acceptors (Lipinski definition) is 7. The molecule has 0 saturated carbocycles. The summed E-state index contributed by atoms with van der Waals surface area (Å²) in [7, 11) is 0. The SMILES string of the molecule is CCC(C)N1CCN(Cc2nc(-c3ccc(-c4ccncn4)cc3)no2)CC1. The van der Waals surface area contributed by atoms with Crippen molar-refractivity contribution in [2.24, 2.45) is 0 Å². The molecule has 0 N–H and O–H groups in total. The lowest BCUT2D eigenvalue weighted by atomic mass is 10.1. The van der Waals surface area contributed by atoms with Crippen LogP contribution in [0.25, 0.3) is 22.6 Å². The van der Waals surface area contributed by atoms with Gasteiger partial charge in [-0.05, 0) is 19.4 Å². The lowest BCUT2D eigenvalue weighted by Gasteiger charge is -2.37. The second-order valence-electron chi connectivity index (χ2n) is 7.25. The second kappa shape index (κ2) is 8.58. The molecular formula is C21H26N6O. The summed E-state index contributed by atoms with van der Waals surface area (Å²) in [6, 6.07) is 10.6. The van der Waals surface area contributed by atoms with Gasteiger partial charge in [0, 0.05) is 49.5 Å². The fourth-order valence-electron chi connectivity index (χ4n) is 3.50. The van der Waals surface area contributed by atoms with Gasteiger partial charge in [0.1, 0.15) is 6.33 Å². The minimum atomic E-state index is 0.627. The van der Waals surface area contributed by atoms with Gasteiger partial charge in [-0.25, -0.2) is 9.97 Å². The van der Waals surface area contributed by atoms with Gasteiger partial charge in [0.25, 0.3) is 0 Å². The largest absolute Gasteiger partial charge is 0.338 e. The molecular weight excluding hydrogens is 352 g/mol. The summed E-state index contributed by atoms with van der Waals surface area (Å²) in [5.41, 5.74) is 2.87. The number of rotatable bonds is 6. The summed E-state index contributed by atoms with van der Waals surface area (Å²) in [4.78, 5) is 17.7. The van der Waals surface area contributed by atoms with Crippen LogP contribution in [0, 0.1) is 0 Å². The van der Waals surface area contributed by atoms with Gasteiger partial charge in [-0.3, -0.25) is 9.80 Å². The van der Waals surface area contributed by atoms with Gasteiger partial charge in [0.05, 0.1) is 12.2 Å². The lowest BCUT2D eigenvalue weighted by molar-refractivity contribution is 0.0892. The molecule has 4 rings (SSSR count). The van der Waals surface area contributed by atoms with Crippen molar-refractivity contribution in [1.29, 1.82) is 0 Å². The molecule has 28 heavy (non-hydrogen) atoms. The van der Waals surface area contributed by atoms with E-state index in [-0.39, 0.29) is 0 Å². The third-order valence-corrected chi connectivity index (χ3v) is 5.47. The van der Waals surface area contributed by atoms with Crippen LogP contribution < -0.4 is 0 Å². The van der Waals surface area contributed by atoms with E-state index < -0.39 is 0 Å². The van der Waals surface area contributed by atoms with Crippen LogP contribution in [0.1, 0.15) is 26.2 Å². The molecule has 0 amide bonds. The Kier molecular flexibility index (Phi) is 5.73. The molecule has 0 aliphatic carbocycles. The van der Waals surface area contributed by atoms with E-state index in [2.05, 4.69) is 43.8 Å². The van der Waals surface area contributed by atoms with Crippen molar-refractivity contribution in [3.63, 3.8) is 0 Å². The fraction of sp³-hybridized carbons (Fsp3) is 0.429. The minimum Gasteiger partial charge on any atom is -0.338 e. The normalized spacial score (nSPS) is 16.9. The highest BCUT2D eigenvalue weighted by molar-refractivity contribution is 5.64. The molecule has 146 valence electrons. The quantitative estimate of drug-likeness (QED) is 0.652. The average Bonchev–Trinajstić information content (AvgIpc) is 3.23. The van der Waals surface area contributed by atoms with E-state index >= 15 is 0 Å². The van der Waals surface area contributed by atoms with Crippen LogP contribution in [0.15, 0.2) is 47.4 Å². The van der Waals surface area contributed by atoms with E-state index in [1.54, 1.807) is 12.5 Å². The summed E-state index contributed by atoms with van der Waals surface area (Å²) in [5.74, 6) is 1.30. The average molecular weight is 378 g/mol. The summed E-state index contributed by atoms with van der Waals surface area (Å²) < 4.78 is 5.50. The third kappa shape index (κ3) is 4.26. The zero-order valence-electron chi connectivity index (χ0n) is 16.5. The van der Waals surface area contributed by atoms with Crippen molar-refractivity contribution >= 4 is 0 Å². The molecule has 1 fully saturated rings. The number of nitrogens with zero attached hydrogens (tertiary/aromatic N) is 6. The van der Waals surface area contributed by atoms with Crippen LogP contribution in [0.5, 0.6) is 0 Å². The van der Waals surface area contributed by atoms with Gasteiger partial charge < -0.3 is 4.52 Å². The highest BCUT2D eigenvalue weighted by Crippen LogP contribution is 2.22.